The van der Waals surface area contributed by atoms with Gasteiger partial charge in [0.25, 0.3) is 0 Å². The Bertz CT molecular complexity index is 740. The molecule has 1 aliphatic heterocycles. The minimum absolute atomic E-state index is 0.269. The van der Waals surface area contributed by atoms with Crippen LogP contribution in [0.2, 0.25) is 0 Å². The average Bonchev–Trinajstić information content (AvgIpc) is 2.79. The predicted molar refractivity (Wildman–Crippen MR) is 132 cm³/mol. The molecule has 1 unspecified atom stereocenters. The molecule has 0 aliphatic carbocycles. The quantitative estimate of drug-likeness (QED) is 0.235. The van der Waals surface area contributed by atoms with Gasteiger partial charge in [0.05, 0.1) is 6.61 Å². The van der Waals surface area contributed by atoms with Gasteiger partial charge in [-0.3, -0.25) is 0 Å². The fourth-order valence-electron chi connectivity index (χ4n) is 4.65. The van der Waals surface area contributed by atoms with Crippen LogP contribution >= 0.6 is 0 Å². The van der Waals surface area contributed by atoms with Crippen LogP contribution in [0.1, 0.15) is 120 Å². The lowest BCUT2D eigenvalue weighted by molar-refractivity contribution is -0.162. The summed E-state index contributed by atoms with van der Waals surface area (Å²) in [6.45, 7) is 10.3. The van der Waals surface area contributed by atoms with Gasteiger partial charge < -0.3 is 14.6 Å². The highest BCUT2D eigenvalue weighted by atomic mass is 16.6. The second kappa shape index (κ2) is 13.1. The van der Waals surface area contributed by atoms with Crippen LogP contribution in [0.25, 0.3) is 0 Å². The molecule has 0 fully saturated rings. The SMILES string of the molecule is CCCCCCCCCCCCCCOC(=O)C1(C)CCc2c(C)c(O)c(C)c(C)c2O1. The monoisotopic (exact) mass is 446 g/mol. The minimum atomic E-state index is -0.954. The van der Waals surface area contributed by atoms with Gasteiger partial charge in [0.1, 0.15) is 11.5 Å². The van der Waals surface area contributed by atoms with E-state index in [1.807, 2.05) is 27.7 Å². The first-order chi connectivity index (χ1) is 15.3. The molecular weight excluding hydrogens is 400 g/mol. The summed E-state index contributed by atoms with van der Waals surface area (Å²) >= 11 is 0. The largest absolute Gasteiger partial charge is 0.507 e. The normalized spacial score (nSPS) is 17.7. The molecule has 0 aromatic heterocycles. The number of carbonyl (C=O) groups excluding carboxylic acids is 1. The molecule has 0 spiro atoms. The molecule has 1 atom stereocenters. The van der Waals surface area contributed by atoms with Gasteiger partial charge in [-0.05, 0) is 57.2 Å². The van der Waals surface area contributed by atoms with E-state index in [9.17, 15) is 9.90 Å². The number of fused-ring (bicyclic) bond motifs is 1. The van der Waals surface area contributed by atoms with E-state index >= 15 is 0 Å². The van der Waals surface area contributed by atoms with Gasteiger partial charge in [0.2, 0.25) is 5.60 Å². The Morgan fingerprint density at radius 1 is 0.875 bits per heavy atom. The molecule has 1 heterocycles. The fourth-order valence-corrected chi connectivity index (χ4v) is 4.65. The van der Waals surface area contributed by atoms with E-state index in [2.05, 4.69) is 6.92 Å². The number of aromatic hydroxyl groups is 1. The Hall–Kier alpha value is -1.71. The third-order valence-electron chi connectivity index (χ3n) is 7.18. The third-order valence-corrected chi connectivity index (χ3v) is 7.18. The highest BCUT2D eigenvalue weighted by Crippen LogP contribution is 2.43. The number of hydrogen-bond donors (Lipinski definition) is 1. The smallest absolute Gasteiger partial charge is 0.350 e. The molecule has 1 aromatic rings. The van der Waals surface area contributed by atoms with Crippen LogP contribution < -0.4 is 4.74 Å². The predicted octanol–water partition coefficient (Wildman–Crippen LogP) is 7.65. The van der Waals surface area contributed by atoms with Gasteiger partial charge in [0, 0.05) is 12.0 Å². The molecule has 182 valence electrons. The van der Waals surface area contributed by atoms with E-state index in [-0.39, 0.29) is 5.97 Å². The summed E-state index contributed by atoms with van der Waals surface area (Å²) in [4.78, 5) is 12.8. The molecule has 32 heavy (non-hydrogen) atoms. The lowest BCUT2D eigenvalue weighted by Crippen LogP contribution is -2.46. The minimum Gasteiger partial charge on any atom is -0.507 e. The van der Waals surface area contributed by atoms with Crippen LogP contribution in [0.4, 0.5) is 0 Å². The highest BCUT2D eigenvalue weighted by Gasteiger charge is 2.42. The van der Waals surface area contributed by atoms with Crippen molar-refractivity contribution in [2.24, 2.45) is 0 Å². The van der Waals surface area contributed by atoms with Crippen LogP contribution in [0.5, 0.6) is 11.5 Å². The lowest BCUT2D eigenvalue weighted by atomic mass is 9.87. The van der Waals surface area contributed by atoms with E-state index in [4.69, 9.17) is 9.47 Å². The molecular formula is C28H46O4. The molecule has 0 radical (unpaired) electrons. The van der Waals surface area contributed by atoms with Crippen LogP contribution in [0, 0.1) is 20.8 Å². The van der Waals surface area contributed by atoms with E-state index in [1.165, 1.54) is 64.2 Å². The second-order valence-corrected chi connectivity index (χ2v) is 9.89. The first-order valence-corrected chi connectivity index (χ1v) is 13.0. The summed E-state index contributed by atoms with van der Waals surface area (Å²) in [5, 5.41) is 10.3. The van der Waals surface area contributed by atoms with Crippen molar-refractivity contribution >= 4 is 5.97 Å². The van der Waals surface area contributed by atoms with Gasteiger partial charge in [-0.25, -0.2) is 4.79 Å². The maximum atomic E-state index is 12.8. The molecule has 0 amide bonds. The number of phenols is 1. The number of rotatable bonds is 14. The van der Waals surface area contributed by atoms with Gasteiger partial charge in [-0.15, -0.1) is 0 Å². The maximum absolute atomic E-state index is 12.8. The Balaban J connectivity index is 1.64. The van der Waals surface area contributed by atoms with E-state index in [1.54, 1.807) is 0 Å². The van der Waals surface area contributed by atoms with Crippen LogP contribution in [-0.4, -0.2) is 23.3 Å². The van der Waals surface area contributed by atoms with Crippen molar-refractivity contribution in [1.29, 1.82) is 0 Å². The summed E-state index contributed by atoms with van der Waals surface area (Å²) in [6.07, 6.45) is 16.8. The average molecular weight is 447 g/mol. The number of phenolic OH excluding ortho intramolecular Hbond substituents is 1. The third kappa shape index (κ3) is 7.15. The molecule has 4 heteroatoms. The van der Waals surface area contributed by atoms with E-state index < -0.39 is 5.60 Å². The molecule has 1 aliphatic rings. The number of ether oxygens (including phenoxy) is 2. The Morgan fingerprint density at radius 2 is 1.41 bits per heavy atom. The summed E-state index contributed by atoms with van der Waals surface area (Å²) in [5.74, 6) is 0.811. The Morgan fingerprint density at radius 3 is 1.97 bits per heavy atom. The summed E-state index contributed by atoms with van der Waals surface area (Å²) in [5.41, 5.74) is 2.63. The van der Waals surface area contributed by atoms with Crippen molar-refractivity contribution < 1.29 is 19.4 Å². The zero-order chi connectivity index (χ0) is 23.6. The Labute approximate surface area is 196 Å². The molecule has 0 saturated carbocycles. The number of benzene rings is 1. The molecule has 0 bridgehead atoms. The number of hydrogen-bond acceptors (Lipinski definition) is 4. The highest BCUT2D eigenvalue weighted by molar-refractivity contribution is 5.80. The zero-order valence-corrected chi connectivity index (χ0v) is 21.3. The maximum Gasteiger partial charge on any atom is 0.350 e. The van der Waals surface area contributed by atoms with Crippen molar-refractivity contribution in [2.75, 3.05) is 6.61 Å². The van der Waals surface area contributed by atoms with Crippen molar-refractivity contribution in [1.82, 2.24) is 0 Å². The molecule has 1 aromatic carbocycles. The zero-order valence-electron chi connectivity index (χ0n) is 21.3. The van der Waals surface area contributed by atoms with Gasteiger partial charge in [-0.1, -0.05) is 77.6 Å². The first-order valence-electron chi connectivity index (χ1n) is 13.0. The van der Waals surface area contributed by atoms with Crippen LogP contribution in [-0.2, 0) is 16.0 Å². The van der Waals surface area contributed by atoms with Crippen molar-refractivity contribution in [3.05, 3.63) is 22.3 Å². The number of unbranched alkanes of at least 4 members (excludes halogenated alkanes) is 11. The summed E-state index contributed by atoms with van der Waals surface area (Å²) in [7, 11) is 0. The second-order valence-electron chi connectivity index (χ2n) is 9.89. The standard InChI is InChI=1S/C28H46O4/c1-6-7-8-9-10-11-12-13-14-15-16-17-20-31-27(30)28(5)19-18-24-23(4)25(29)21(2)22(3)26(24)32-28/h29H,6-20H2,1-5H3. The summed E-state index contributed by atoms with van der Waals surface area (Å²) in [6, 6.07) is 0. The van der Waals surface area contributed by atoms with Crippen molar-refractivity contribution in [2.45, 2.75) is 130 Å². The van der Waals surface area contributed by atoms with E-state index in [0.29, 0.717) is 25.2 Å². The van der Waals surface area contributed by atoms with Gasteiger partial charge in [0.15, 0.2) is 0 Å². The first kappa shape index (κ1) is 26.5. The topological polar surface area (TPSA) is 55.8 Å². The molecule has 1 N–H and O–H groups in total. The number of carbonyl (C=O) groups is 1. The lowest BCUT2D eigenvalue weighted by Gasteiger charge is -2.35. The van der Waals surface area contributed by atoms with Crippen LogP contribution in [0.15, 0.2) is 0 Å². The summed E-state index contributed by atoms with van der Waals surface area (Å²) < 4.78 is 11.8. The van der Waals surface area contributed by atoms with Crippen LogP contribution in [0.3, 0.4) is 0 Å². The Kier molecular flexibility index (Phi) is 10.9. The van der Waals surface area contributed by atoms with E-state index in [0.717, 1.165) is 40.8 Å². The molecule has 0 saturated heterocycles. The fraction of sp³-hybridized carbons (Fsp3) is 0.750. The molecule has 4 nitrogen and oxygen atoms in total. The van der Waals surface area contributed by atoms with Crippen molar-refractivity contribution in [3.8, 4) is 11.5 Å². The van der Waals surface area contributed by atoms with Crippen molar-refractivity contribution in [3.63, 3.8) is 0 Å². The number of esters is 1. The van der Waals surface area contributed by atoms with Gasteiger partial charge in [-0.2, -0.15) is 0 Å². The molecule has 2 rings (SSSR count). The van der Waals surface area contributed by atoms with Gasteiger partial charge >= 0.3 is 5.97 Å².